The van der Waals surface area contributed by atoms with Crippen molar-refractivity contribution in [2.75, 3.05) is 18.2 Å². The van der Waals surface area contributed by atoms with Gasteiger partial charge in [-0.05, 0) is 31.0 Å². The van der Waals surface area contributed by atoms with Gasteiger partial charge in [0.15, 0.2) is 9.84 Å². The summed E-state index contributed by atoms with van der Waals surface area (Å²) in [6.07, 6.45) is 1.47. The largest absolute Gasteiger partial charge is 0.497 e. The van der Waals surface area contributed by atoms with Crippen LogP contribution < -0.4 is 10.1 Å². The van der Waals surface area contributed by atoms with Crippen LogP contribution in [0.1, 0.15) is 29.6 Å². The fourth-order valence-corrected chi connectivity index (χ4v) is 4.20. The highest BCUT2D eigenvalue weighted by Gasteiger charge is 2.35. The summed E-state index contributed by atoms with van der Waals surface area (Å²) in [5, 5.41) is 10.5. The van der Waals surface area contributed by atoms with Crippen molar-refractivity contribution < 1.29 is 27.9 Å². The standard InChI is InChI=1S/C14H17NO6S/c1-21-9-5-6-11(10(8-9)14(17)18)15-13(16)12-4-2-3-7-22(12,19)20/h5-6,8,12H,2-4,7H2,1H3,(H,15,16)(H,17,18). The number of carbonyl (C=O) groups excluding carboxylic acids is 1. The highest BCUT2D eigenvalue weighted by molar-refractivity contribution is 7.92. The van der Waals surface area contributed by atoms with E-state index in [0.29, 0.717) is 18.6 Å². The molecule has 1 fully saturated rings. The van der Waals surface area contributed by atoms with E-state index in [-0.39, 0.29) is 23.4 Å². The Morgan fingerprint density at radius 2 is 2.05 bits per heavy atom. The molecule has 1 aliphatic heterocycles. The number of rotatable bonds is 4. The van der Waals surface area contributed by atoms with Crippen molar-refractivity contribution >= 4 is 27.4 Å². The van der Waals surface area contributed by atoms with Crippen molar-refractivity contribution in [1.29, 1.82) is 0 Å². The molecule has 7 nitrogen and oxygen atoms in total. The lowest BCUT2D eigenvalue weighted by molar-refractivity contribution is -0.116. The van der Waals surface area contributed by atoms with Crippen LogP contribution in [0.3, 0.4) is 0 Å². The van der Waals surface area contributed by atoms with Crippen LogP contribution in [0.2, 0.25) is 0 Å². The maximum absolute atomic E-state index is 12.2. The number of carbonyl (C=O) groups is 2. The van der Waals surface area contributed by atoms with Crippen LogP contribution in [0.5, 0.6) is 5.75 Å². The molecule has 1 heterocycles. The minimum absolute atomic E-state index is 0.0144. The number of hydrogen-bond donors (Lipinski definition) is 2. The van der Waals surface area contributed by atoms with E-state index in [9.17, 15) is 23.1 Å². The Morgan fingerprint density at radius 1 is 1.32 bits per heavy atom. The Hall–Kier alpha value is -2.09. The summed E-state index contributed by atoms with van der Waals surface area (Å²) in [5.41, 5.74) is -0.0972. The van der Waals surface area contributed by atoms with Crippen LogP contribution >= 0.6 is 0 Å². The summed E-state index contributed by atoms with van der Waals surface area (Å²) in [6, 6.07) is 4.15. The number of sulfone groups is 1. The first-order chi connectivity index (χ1) is 10.3. The SMILES string of the molecule is COc1ccc(NC(=O)C2CCCCS2(=O)=O)c(C(=O)O)c1. The summed E-state index contributed by atoms with van der Waals surface area (Å²) < 4.78 is 28.8. The Morgan fingerprint density at radius 3 is 2.64 bits per heavy atom. The number of anilines is 1. The molecule has 1 aliphatic rings. The average molecular weight is 327 g/mol. The Labute approximate surface area is 128 Å². The normalized spacial score (nSPS) is 20.1. The summed E-state index contributed by atoms with van der Waals surface area (Å²) in [6.45, 7) is 0. The van der Waals surface area contributed by atoms with Crippen molar-refractivity contribution in [2.45, 2.75) is 24.5 Å². The van der Waals surface area contributed by atoms with Gasteiger partial charge in [0.2, 0.25) is 5.91 Å². The van der Waals surface area contributed by atoms with Crippen LogP contribution in [0, 0.1) is 0 Å². The van der Waals surface area contributed by atoms with Crippen molar-refractivity contribution in [2.24, 2.45) is 0 Å². The molecule has 0 aromatic heterocycles. The quantitative estimate of drug-likeness (QED) is 0.862. The number of ether oxygens (including phenoxy) is 1. The number of nitrogens with one attached hydrogen (secondary N) is 1. The van der Waals surface area contributed by atoms with Gasteiger partial charge in [-0.3, -0.25) is 4.79 Å². The third-order valence-corrected chi connectivity index (χ3v) is 5.76. The number of methoxy groups -OCH3 is 1. The van der Waals surface area contributed by atoms with E-state index in [4.69, 9.17) is 4.74 Å². The summed E-state index contributed by atoms with van der Waals surface area (Å²) in [7, 11) is -2.08. The smallest absolute Gasteiger partial charge is 0.337 e. The molecule has 1 saturated heterocycles. The van der Waals surface area contributed by atoms with Gasteiger partial charge >= 0.3 is 5.97 Å². The van der Waals surface area contributed by atoms with E-state index < -0.39 is 27.0 Å². The van der Waals surface area contributed by atoms with Gasteiger partial charge in [-0.25, -0.2) is 13.2 Å². The second-order valence-electron chi connectivity index (χ2n) is 5.06. The highest BCUT2D eigenvalue weighted by atomic mass is 32.2. The minimum Gasteiger partial charge on any atom is -0.497 e. The monoisotopic (exact) mass is 327 g/mol. The molecule has 1 amide bonds. The molecular weight excluding hydrogens is 310 g/mol. The first-order valence-corrected chi connectivity index (χ1v) is 8.50. The minimum atomic E-state index is -3.47. The first-order valence-electron chi connectivity index (χ1n) is 6.79. The van der Waals surface area contributed by atoms with Gasteiger partial charge in [-0.15, -0.1) is 0 Å². The molecule has 0 bridgehead atoms. The maximum Gasteiger partial charge on any atom is 0.337 e. The van der Waals surface area contributed by atoms with E-state index in [1.807, 2.05) is 0 Å². The molecular formula is C14H17NO6S. The van der Waals surface area contributed by atoms with Gasteiger partial charge in [0.05, 0.1) is 24.1 Å². The third-order valence-electron chi connectivity index (χ3n) is 3.59. The molecule has 1 aromatic rings. The van der Waals surface area contributed by atoms with Gasteiger partial charge in [0.25, 0.3) is 0 Å². The van der Waals surface area contributed by atoms with Crippen LogP contribution in [0.4, 0.5) is 5.69 Å². The molecule has 2 N–H and O–H groups in total. The molecule has 22 heavy (non-hydrogen) atoms. The lowest BCUT2D eigenvalue weighted by Crippen LogP contribution is -2.39. The summed E-state index contributed by atoms with van der Waals surface area (Å²) >= 11 is 0. The molecule has 0 saturated carbocycles. The molecule has 1 unspecified atom stereocenters. The lowest BCUT2D eigenvalue weighted by Gasteiger charge is -2.21. The zero-order valence-corrected chi connectivity index (χ0v) is 12.9. The second kappa shape index (κ2) is 6.35. The molecule has 2 rings (SSSR count). The Balaban J connectivity index is 2.26. The molecule has 0 radical (unpaired) electrons. The zero-order chi connectivity index (χ0) is 16.3. The topological polar surface area (TPSA) is 110 Å². The van der Waals surface area contributed by atoms with E-state index in [1.54, 1.807) is 0 Å². The summed E-state index contributed by atoms with van der Waals surface area (Å²) in [5.74, 6) is -1.60. The lowest BCUT2D eigenvalue weighted by atomic mass is 10.1. The molecule has 1 atom stereocenters. The third kappa shape index (κ3) is 3.38. The van der Waals surface area contributed by atoms with Crippen LogP contribution in [0.25, 0.3) is 0 Å². The highest BCUT2D eigenvalue weighted by Crippen LogP contribution is 2.25. The van der Waals surface area contributed by atoms with Crippen LogP contribution in [-0.4, -0.2) is 43.5 Å². The number of carboxylic acid groups (broad SMARTS) is 1. The Kier molecular flexibility index (Phi) is 4.70. The predicted octanol–water partition coefficient (Wildman–Crippen LogP) is 1.30. The number of hydrogen-bond acceptors (Lipinski definition) is 5. The van der Waals surface area contributed by atoms with Gasteiger partial charge in [0, 0.05) is 0 Å². The molecule has 0 spiro atoms. The van der Waals surface area contributed by atoms with Gasteiger partial charge in [-0.2, -0.15) is 0 Å². The molecule has 120 valence electrons. The number of aromatic carboxylic acids is 1. The predicted molar refractivity (Wildman–Crippen MR) is 80.0 cm³/mol. The van der Waals surface area contributed by atoms with Gasteiger partial charge < -0.3 is 15.2 Å². The van der Waals surface area contributed by atoms with E-state index in [2.05, 4.69) is 5.32 Å². The van der Waals surface area contributed by atoms with Crippen molar-refractivity contribution in [3.8, 4) is 5.75 Å². The van der Waals surface area contributed by atoms with Crippen LogP contribution in [-0.2, 0) is 14.6 Å². The number of amides is 1. The molecule has 0 aliphatic carbocycles. The fourth-order valence-electron chi connectivity index (χ4n) is 2.40. The van der Waals surface area contributed by atoms with Crippen LogP contribution in [0.15, 0.2) is 18.2 Å². The van der Waals surface area contributed by atoms with E-state index in [1.165, 1.54) is 25.3 Å². The maximum atomic E-state index is 12.2. The van der Waals surface area contributed by atoms with E-state index >= 15 is 0 Å². The average Bonchev–Trinajstić information content (AvgIpc) is 2.46. The van der Waals surface area contributed by atoms with E-state index in [0.717, 1.165) is 0 Å². The second-order valence-corrected chi connectivity index (χ2v) is 7.36. The molecule has 8 heteroatoms. The summed E-state index contributed by atoms with van der Waals surface area (Å²) in [4.78, 5) is 23.4. The number of benzene rings is 1. The first kappa shape index (κ1) is 16.3. The van der Waals surface area contributed by atoms with Gasteiger partial charge in [0.1, 0.15) is 11.0 Å². The Bertz CT molecular complexity index is 697. The van der Waals surface area contributed by atoms with Crippen molar-refractivity contribution in [3.63, 3.8) is 0 Å². The van der Waals surface area contributed by atoms with Gasteiger partial charge in [-0.1, -0.05) is 6.42 Å². The van der Waals surface area contributed by atoms with Crippen molar-refractivity contribution in [3.05, 3.63) is 23.8 Å². The molecule has 1 aromatic carbocycles. The van der Waals surface area contributed by atoms with Crippen molar-refractivity contribution in [1.82, 2.24) is 0 Å². The zero-order valence-electron chi connectivity index (χ0n) is 12.0. The fraction of sp³-hybridized carbons (Fsp3) is 0.429. The number of carboxylic acids is 1.